The topological polar surface area (TPSA) is 87.3 Å². The standard InChI is InChI=1S/C22H21FN6O2S/c23-17-5-4-8-19(15-17)29-21(27-11-13-31-14-12-27)25-26-22(29)32-16-20(30)28(10-9-24)18-6-2-1-3-7-18/h1-8,15H,10-14,16H2. The van der Waals surface area contributed by atoms with Gasteiger partial charge in [0, 0.05) is 18.8 Å². The third-order valence-electron chi connectivity index (χ3n) is 4.90. The summed E-state index contributed by atoms with van der Waals surface area (Å²) in [6, 6.07) is 17.3. The molecule has 0 radical (unpaired) electrons. The number of rotatable bonds is 7. The maximum atomic E-state index is 14.0. The molecule has 0 saturated carbocycles. The van der Waals surface area contributed by atoms with Crippen LogP contribution < -0.4 is 9.80 Å². The van der Waals surface area contributed by atoms with E-state index in [1.807, 2.05) is 29.2 Å². The minimum Gasteiger partial charge on any atom is -0.378 e. The molecule has 3 aromatic rings. The maximum Gasteiger partial charge on any atom is 0.238 e. The van der Waals surface area contributed by atoms with Gasteiger partial charge in [-0.25, -0.2) is 4.39 Å². The Kier molecular flexibility index (Phi) is 6.99. The van der Waals surface area contributed by atoms with Crippen LogP contribution >= 0.6 is 11.8 Å². The number of hydrogen-bond acceptors (Lipinski definition) is 7. The SMILES string of the molecule is N#CCN(C(=O)CSc1nnc(N2CCOCC2)n1-c1cccc(F)c1)c1ccccc1. The predicted octanol–water partition coefficient (Wildman–Crippen LogP) is 2.89. The summed E-state index contributed by atoms with van der Waals surface area (Å²) >= 11 is 1.20. The molecule has 32 heavy (non-hydrogen) atoms. The summed E-state index contributed by atoms with van der Waals surface area (Å²) in [5, 5.41) is 18.2. The van der Waals surface area contributed by atoms with Gasteiger partial charge in [-0.05, 0) is 30.3 Å². The van der Waals surface area contributed by atoms with Crippen molar-refractivity contribution in [3.8, 4) is 11.8 Å². The lowest BCUT2D eigenvalue weighted by atomic mass is 10.3. The van der Waals surface area contributed by atoms with Crippen LogP contribution in [-0.2, 0) is 9.53 Å². The van der Waals surface area contributed by atoms with Gasteiger partial charge in [0.05, 0.1) is 30.7 Å². The highest BCUT2D eigenvalue weighted by Gasteiger charge is 2.23. The number of amides is 1. The van der Waals surface area contributed by atoms with Gasteiger partial charge in [0.1, 0.15) is 12.4 Å². The zero-order chi connectivity index (χ0) is 22.3. The second kappa shape index (κ2) is 10.3. The van der Waals surface area contributed by atoms with E-state index in [-0.39, 0.29) is 24.0 Å². The molecule has 1 aliphatic heterocycles. The second-order valence-electron chi connectivity index (χ2n) is 6.96. The fraction of sp³-hybridized carbons (Fsp3) is 0.273. The minimum absolute atomic E-state index is 0.0487. The summed E-state index contributed by atoms with van der Waals surface area (Å²) in [7, 11) is 0. The number of hydrogen-bond donors (Lipinski definition) is 0. The average molecular weight is 453 g/mol. The number of carbonyl (C=O) groups excluding carboxylic acids is 1. The van der Waals surface area contributed by atoms with Crippen LogP contribution in [-0.4, -0.2) is 59.3 Å². The van der Waals surface area contributed by atoms with E-state index in [0.29, 0.717) is 48.8 Å². The van der Waals surface area contributed by atoms with Gasteiger partial charge in [-0.1, -0.05) is 36.0 Å². The molecule has 1 fully saturated rings. The Morgan fingerprint density at radius 1 is 1.16 bits per heavy atom. The van der Waals surface area contributed by atoms with Crippen LogP contribution in [0.15, 0.2) is 59.8 Å². The first kappa shape index (κ1) is 21.8. The largest absolute Gasteiger partial charge is 0.378 e. The molecule has 164 valence electrons. The van der Waals surface area contributed by atoms with Crippen molar-refractivity contribution in [1.82, 2.24) is 14.8 Å². The molecule has 0 atom stereocenters. The lowest BCUT2D eigenvalue weighted by Gasteiger charge is -2.28. The van der Waals surface area contributed by atoms with Crippen molar-refractivity contribution >= 4 is 29.3 Å². The van der Waals surface area contributed by atoms with Crippen molar-refractivity contribution in [1.29, 1.82) is 5.26 Å². The molecule has 4 rings (SSSR count). The van der Waals surface area contributed by atoms with Crippen LogP contribution in [0.4, 0.5) is 16.0 Å². The lowest BCUT2D eigenvalue weighted by Crippen LogP contribution is -2.38. The summed E-state index contributed by atoms with van der Waals surface area (Å²) in [5.41, 5.74) is 1.23. The fourth-order valence-corrected chi connectivity index (χ4v) is 4.19. The van der Waals surface area contributed by atoms with Gasteiger partial charge >= 0.3 is 0 Å². The zero-order valence-corrected chi connectivity index (χ0v) is 18.0. The molecule has 1 amide bonds. The molecule has 1 aliphatic rings. The highest BCUT2D eigenvalue weighted by atomic mass is 32.2. The number of anilines is 2. The number of halogens is 1. The molecule has 0 bridgehead atoms. The Morgan fingerprint density at radius 3 is 2.66 bits per heavy atom. The molecular weight excluding hydrogens is 431 g/mol. The normalized spacial score (nSPS) is 13.6. The van der Waals surface area contributed by atoms with E-state index in [1.54, 1.807) is 28.8 Å². The number of ether oxygens (including phenoxy) is 1. The number of morpholine rings is 1. The van der Waals surface area contributed by atoms with Gasteiger partial charge in [-0.2, -0.15) is 5.26 Å². The molecule has 1 aromatic heterocycles. The molecule has 2 heterocycles. The molecule has 8 nitrogen and oxygen atoms in total. The Hall–Kier alpha value is -3.42. The summed E-state index contributed by atoms with van der Waals surface area (Å²) in [6.07, 6.45) is 0. The van der Waals surface area contributed by atoms with Crippen LogP contribution in [0.1, 0.15) is 0 Å². The monoisotopic (exact) mass is 452 g/mol. The summed E-state index contributed by atoms with van der Waals surface area (Å²) in [5.74, 6) is 0.0170. The minimum atomic E-state index is -0.375. The van der Waals surface area contributed by atoms with Crippen LogP contribution in [0.3, 0.4) is 0 Å². The van der Waals surface area contributed by atoms with Gasteiger partial charge in [0.2, 0.25) is 11.9 Å². The van der Waals surface area contributed by atoms with Gasteiger partial charge in [0.25, 0.3) is 0 Å². The van der Waals surface area contributed by atoms with E-state index in [0.717, 1.165) is 0 Å². The lowest BCUT2D eigenvalue weighted by molar-refractivity contribution is -0.116. The first-order valence-corrected chi connectivity index (χ1v) is 11.0. The predicted molar refractivity (Wildman–Crippen MR) is 119 cm³/mol. The Balaban J connectivity index is 1.60. The number of carbonyl (C=O) groups is 1. The Bertz CT molecular complexity index is 1110. The van der Waals surface area contributed by atoms with Gasteiger partial charge in [-0.15, -0.1) is 10.2 Å². The second-order valence-corrected chi connectivity index (χ2v) is 7.90. The van der Waals surface area contributed by atoms with E-state index in [1.165, 1.54) is 28.8 Å². The van der Waals surface area contributed by atoms with Crippen molar-refractivity contribution in [2.24, 2.45) is 0 Å². The summed E-state index contributed by atoms with van der Waals surface area (Å²) < 4.78 is 21.1. The van der Waals surface area contributed by atoms with E-state index in [4.69, 9.17) is 4.74 Å². The molecule has 0 aliphatic carbocycles. The van der Waals surface area contributed by atoms with Crippen molar-refractivity contribution in [2.75, 3.05) is 48.4 Å². The quantitative estimate of drug-likeness (QED) is 0.402. The summed E-state index contributed by atoms with van der Waals surface area (Å²) in [6.45, 7) is 2.36. The van der Waals surface area contributed by atoms with Crippen molar-refractivity contribution in [3.05, 3.63) is 60.4 Å². The average Bonchev–Trinajstić information content (AvgIpc) is 3.26. The summed E-state index contributed by atoms with van der Waals surface area (Å²) in [4.78, 5) is 16.4. The number of aromatic nitrogens is 3. The van der Waals surface area contributed by atoms with Crippen molar-refractivity contribution in [2.45, 2.75) is 5.16 Å². The van der Waals surface area contributed by atoms with Crippen molar-refractivity contribution < 1.29 is 13.9 Å². The van der Waals surface area contributed by atoms with Crippen molar-refractivity contribution in [3.63, 3.8) is 0 Å². The maximum absolute atomic E-state index is 14.0. The number of benzene rings is 2. The van der Waals surface area contributed by atoms with Crippen LogP contribution in [0.25, 0.3) is 5.69 Å². The molecular formula is C22H21FN6O2S. The van der Waals surface area contributed by atoms with Crippen LogP contribution in [0.5, 0.6) is 0 Å². The molecule has 10 heteroatoms. The Morgan fingerprint density at radius 2 is 1.94 bits per heavy atom. The smallest absolute Gasteiger partial charge is 0.238 e. The third-order valence-corrected chi connectivity index (χ3v) is 5.81. The first-order chi connectivity index (χ1) is 15.7. The van der Waals surface area contributed by atoms with Gasteiger partial charge in [-0.3, -0.25) is 14.3 Å². The highest BCUT2D eigenvalue weighted by molar-refractivity contribution is 7.99. The molecule has 0 spiro atoms. The van der Waals surface area contributed by atoms with E-state index in [9.17, 15) is 14.4 Å². The van der Waals surface area contributed by atoms with Crippen LogP contribution in [0, 0.1) is 17.1 Å². The van der Waals surface area contributed by atoms with E-state index in [2.05, 4.69) is 10.2 Å². The first-order valence-electron chi connectivity index (χ1n) is 10.1. The Labute approximate surface area is 189 Å². The molecule has 0 N–H and O–H groups in total. The molecule has 0 unspecified atom stereocenters. The number of para-hydroxylation sites is 1. The third kappa shape index (κ3) is 4.90. The fourth-order valence-electron chi connectivity index (χ4n) is 3.37. The van der Waals surface area contributed by atoms with E-state index >= 15 is 0 Å². The molecule has 1 saturated heterocycles. The van der Waals surface area contributed by atoms with Gasteiger partial charge in [0.15, 0.2) is 5.16 Å². The molecule has 2 aromatic carbocycles. The zero-order valence-electron chi connectivity index (χ0n) is 17.2. The number of thioether (sulfide) groups is 1. The van der Waals surface area contributed by atoms with Gasteiger partial charge < -0.3 is 9.64 Å². The number of nitrogens with zero attached hydrogens (tertiary/aromatic N) is 6. The highest BCUT2D eigenvalue weighted by Crippen LogP contribution is 2.28. The van der Waals surface area contributed by atoms with E-state index < -0.39 is 0 Å². The number of nitriles is 1. The van der Waals surface area contributed by atoms with Crippen LogP contribution in [0.2, 0.25) is 0 Å².